The van der Waals surface area contributed by atoms with Gasteiger partial charge < -0.3 is 10.5 Å². The molecule has 7 heteroatoms. The third kappa shape index (κ3) is 4.83. The van der Waals surface area contributed by atoms with Gasteiger partial charge in [-0.05, 0) is 24.1 Å². The number of aliphatic imine (C=N–C) groups is 1. The van der Waals surface area contributed by atoms with E-state index in [-0.39, 0.29) is 11.5 Å². The van der Waals surface area contributed by atoms with Crippen molar-refractivity contribution in [1.82, 2.24) is 5.32 Å². The minimum absolute atomic E-state index is 0.174. The summed E-state index contributed by atoms with van der Waals surface area (Å²) in [7, 11) is 0. The van der Waals surface area contributed by atoms with Crippen molar-refractivity contribution in [3.8, 4) is 29.1 Å². The Labute approximate surface area is 157 Å². The van der Waals surface area contributed by atoms with Gasteiger partial charge in [-0.1, -0.05) is 43.7 Å². The first-order chi connectivity index (χ1) is 13.1. The second-order valence-corrected chi connectivity index (χ2v) is 5.59. The van der Waals surface area contributed by atoms with Crippen molar-refractivity contribution < 1.29 is 9.53 Å². The predicted molar refractivity (Wildman–Crippen MR) is 102 cm³/mol. The molecule has 0 fully saturated rings. The van der Waals surface area contributed by atoms with Gasteiger partial charge in [0, 0.05) is 5.56 Å². The Morgan fingerprint density at radius 1 is 1.22 bits per heavy atom. The molecule has 0 unspecified atom stereocenters. The highest BCUT2D eigenvalue weighted by atomic mass is 16.5. The number of rotatable bonds is 6. The second kappa shape index (κ2) is 9.59. The molecular weight excluding hydrogens is 342 g/mol. The van der Waals surface area contributed by atoms with Crippen molar-refractivity contribution in [2.24, 2.45) is 10.7 Å². The van der Waals surface area contributed by atoms with Gasteiger partial charge in [0.25, 0.3) is 5.91 Å². The van der Waals surface area contributed by atoms with Crippen LogP contribution in [0.3, 0.4) is 0 Å². The zero-order valence-electron chi connectivity index (χ0n) is 14.9. The van der Waals surface area contributed by atoms with E-state index in [1.54, 1.807) is 24.3 Å². The second-order valence-electron chi connectivity index (χ2n) is 5.59. The monoisotopic (exact) mass is 361 g/mol. The number of benzene rings is 2. The number of nitriles is 2. The Hall–Kier alpha value is -3.84. The Morgan fingerprint density at radius 3 is 2.59 bits per heavy atom. The lowest BCUT2D eigenvalue weighted by atomic mass is 9.93. The maximum absolute atomic E-state index is 12.9. The highest BCUT2D eigenvalue weighted by Gasteiger charge is 2.23. The third-order valence-electron chi connectivity index (χ3n) is 3.74. The van der Waals surface area contributed by atoms with Crippen molar-refractivity contribution >= 4 is 11.9 Å². The van der Waals surface area contributed by atoms with Crippen molar-refractivity contribution in [2.45, 2.75) is 19.8 Å². The predicted octanol–water partition coefficient (Wildman–Crippen LogP) is 2.93. The molecule has 2 aromatic rings. The summed E-state index contributed by atoms with van der Waals surface area (Å²) in [5.74, 6) is -0.596. The molecule has 0 heterocycles. The summed E-state index contributed by atoms with van der Waals surface area (Å²) in [5.41, 5.74) is 7.17. The van der Waals surface area contributed by atoms with E-state index < -0.39 is 5.91 Å². The van der Waals surface area contributed by atoms with Gasteiger partial charge in [0.2, 0.25) is 12.2 Å². The van der Waals surface area contributed by atoms with E-state index in [2.05, 4.69) is 16.4 Å². The van der Waals surface area contributed by atoms with Crippen molar-refractivity contribution in [3.05, 3.63) is 53.6 Å². The molecule has 0 spiro atoms. The van der Waals surface area contributed by atoms with E-state index >= 15 is 0 Å². The van der Waals surface area contributed by atoms with Gasteiger partial charge in [-0.15, -0.1) is 4.99 Å². The summed E-state index contributed by atoms with van der Waals surface area (Å²) >= 11 is 0. The minimum Gasteiger partial charge on any atom is -0.493 e. The number of amides is 1. The largest absolute Gasteiger partial charge is 0.493 e. The summed E-state index contributed by atoms with van der Waals surface area (Å²) in [4.78, 5) is 16.2. The smallest absolute Gasteiger partial charge is 0.262 e. The average molecular weight is 361 g/mol. The standard InChI is InChI=1S/C20H19N5O2/c1-2-3-11-27-16-10-9-15(12-21)17(14-7-5-4-6-8-14)18(16)19(26)25-20(23)24-13-22/h4-10H,2-3,11H2,1H3,(H3,23,24,25,26). The molecule has 1 amide bonds. The molecule has 0 aromatic heterocycles. The number of hydrogen-bond donors (Lipinski definition) is 2. The molecule has 2 rings (SSSR count). The van der Waals surface area contributed by atoms with Crippen LogP contribution in [0.15, 0.2) is 47.5 Å². The number of carbonyl (C=O) groups excluding carboxylic acids is 1. The fourth-order valence-electron chi connectivity index (χ4n) is 2.51. The number of hydrogen-bond acceptors (Lipinski definition) is 5. The van der Waals surface area contributed by atoms with E-state index in [0.29, 0.717) is 29.0 Å². The summed E-state index contributed by atoms with van der Waals surface area (Å²) in [6, 6.07) is 14.4. The maximum Gasteiger partial charge on any atom is 0.262 e. The SMILES string of the molecule is CCCCOc1ccc(C#N)c(-c2ccccc2)c1C(=O)NC(N)=NC#N. The number of guanidine groups is 1. The number of nitrogens with zero attached hydrogens (tertiary/aromatic N) is 3. The summed E-state index contributed by atoms with van der Waals surface area (Å²) in [6.45, 7) is 2.46. The molecule has 136 valence electrons. The van der Waals surface area contributed by atoms with E-state index in [1.807, 2.05) is 25.1 Å². The topological polar surface area (TPSA) is 124 Å². The minimum atomic E-state index is -0.603. The summed E-state index contributed by atoms with van der Waals surface area (Å²) in [6.07, 6.45) is 3.27. The van der Waals surface area contributed by atoms with Crippen LogP contribution in [-0.4, -0.2) is 18.5 Å². The number of ether oxygens (including phenoxy) is 1. The van der Waals surface area contributed by atoms with Crippen LogP contribution in [0.25, 0.3) is 11.1 Å². The molecule has 2 aromatic carbocycles. The first-order valence-corrected chi connectivity index (χ1v) is 8.41. The quantitative estimate of drug-likeness (QED) is 0.354. The lowest BCUT2D eigenvalue weighted by molar-refractivity contribution is 0.0973. The Morgan fingerprint density at radius 2 is 1.96 bits per heavy atom. The fourth-order valence-corrected chi connectivity index (χ4v) is 2.51. The van der Waals surface area contributed by atoms with Crippen LogP contribution in [0.5, 0.6) is 5.75 Å². The number of nitrogens with two attached hydrogens (primary N) is 1. The first-order valence-electron chi connectivity index (χ1n) is 8.41. The van der Waals surface area contributed by atoms with Gasteiger partial charge in [0.15, 0.2) is 0 Å². The van der Waals surface area contributed by atoms with Gasteiger partial charge in [0.1, 0.15) is 5.75 Å². The third-order valence-corrected chi connectivity index (χ3v) is 3.74. The van der Waals surface area contributed by atoms with Gasteiger partial charge in [0.05, 0.1) is 23.8 Å². The van der Waals surface area contributed by atoms with E-state index in [4.69, 9.17) is 15.7 Å². The molecule has 0 saturated carbocycles. The van der Waals surface area contributed by atoms with Crippen LogP contribution in [-0.2, 0) is 0 Å². The van der Waals surface area contributed by atoms with Crippen molar-refractivity contribution in [3.63, 3.8) is 0 Å². The maximum atomic E-state index is 12.9. The lowest BCUT2D eigenvalue weighted by Gasteiger charge is -2.17. The van der Waals surface area contributed by atoms with E-state index in [1.165, 1.54) is 6.19 Å². The van der Waals surface area contributed by atoms with Gasteiger partial charge >= 0.3 is 0 Å². The van der Waals surface area contributed by atoms with Crippen LogP contribution in [0.2, 0.25) is 0 Å². The van der Waals surface area contributed by atoms with Crippen LogP contribution >= 0.6 is 0 Å². The molecule has 0 bridgehead atoms. The van der Waals surface area contributed by atoms with Gasteiger partial charge in [-0.2, -0.15) is 10.5 Å². The number of nitrogens with one attached hydrogen (secondary N) is 1. The summed E-state index contributed by atoms with van der Waals surface area (Å²) in [5, 5.41) is 20.5. The molecule has 7 nitrogen and oxygen atoms in total. The van der Waals surface area contributed by atoms with Gasteiger partial charge in [-0.25, -0.2) is 0 Å². The van der Waals surface area contributed by atoms with E-state index in [9.17, 15) is 10.1 Å². The fraction of sp³-hybridized carbons (Fsp3) is 0.200. The van der Waals surface area contributed by atoms with Crippen molar-refractivity contribution in [2.75, 3.05) is 6.61 Å². The van der Waals surface area contributed by atoms with Crippen LogP contribution in [0.4, 0.5) is 0 Å². The average Bonchev–Trinajstić information content (AvgIpc) is 2.68. The van der Waals surface area contributed by atoms with Crippen LogP contribution < -0.4 is 15.8 Å². The summed E-state index contributed by atoms with van der Waals surface area (Å²) < 4.78 is 5.79. The molecule has 0 aliphatic heterocycles. The number of unbranched alkanes of at least 4 members (excludes halogenated alkanes) is 1. The molecule has 0 aliphatic carbocycles. The zero-order chi connectivity index (χ0) is 19.6. The molecule has 0 atom stereocenters. The highest BCUT2D eigenvalue weighted by Crippen LogP contribution is 2.34. The lowest BCUT2D eigenvalue weighted by Crippen LogP contribution is -2.37. The van der Waals surface area contributed by atoms with E-state index in [0.717, 1.165) is 12.8 Å². The normalized spacial score (nSPS) is 10.6. The van der Waals surface area contributed by atoms with Crippen LogP contribution in [0, 0.1) is 22.8 Å². The molecular formula is C20H19N5O2. The first kappa shape index (κ1) is 19.5. The molecule has 0 aliphatic rings. The van der Waals surface area contributed by atoms with Crippen molar-refractivity contribution in [1.29, 1.82) is 10.5 Å². The van der Waals surface area contributed by atoms with Gasteiger partial charge in [-0.3, -0.25) is 10.1 Å². The zero-order valence-corrected chi connectivity index (χ0v) is 14.9. The molecule has 27 heavy (non-hydrogen) atoms. The highest BCUT2D eigenvalue weighted by molar-refractivity contribution is 6.11. The van der Waals surface area contributed by atoms with Crippen LogP contribution in [0.1, 0.15) is 35.7 Å². The number of carbonyl (C=O) groups is 1. The molecule has 0 saturated heterocycles. The Kier molecular flexibility index (Phi) is 6.92. The molecule has 3 N–H and O–H groups in total. The Balaban J connectivity index is 2.63. The Bertz CT molecular complexity index is 924. The molecule has 0 radical (unpaired) electrons.